The van der Waals surface area contributed by atoms with E-state index in [1.54, 1.807) is 7.05 Å². The van der Waals surface area contributed by atoms with Gasteiger partial charge in [-0.25, -0.2) is 4.79 Å². The highest BCUT2D eigenvalue weighted by molar-refractivity contribution is 5.74. The number of amides is 2. The Morgan fingerprint density at radius 3 is 2.48 bits per heavy atom. The molecule has 1 aliphatic rings. The summed E-state index contributed by atoms with van der Waals surface area (Å²) in [5, 5.41) is 11.7. The summed E-state index contributed by atoms with van der Waals surface area (Å²) < 4.78 is 4.53. The van der Waals surface area contributed by atoms with E-state index in [1.165, 1.54) is 12.0 Å². The molecule has 0 aliphatic heterocycles. The quantitative estimate of drug-likeness (QED) is 0.657. The lowest BCUT2D eigenvalue weighted by Crippen LogP contribution is -2.47. The van der Waals surface area contributed by atoms with Crippen LogP contribution in [0, 0.1) is 5.41 Å². The Hall–Kier alpha value is -1.79. The van der Waals surface area contributed by atoms with Crippen LogP contribution in [0.1, 0.15) is 38.5 Å². The molecule has 1 rings (SSSR count). The van der Waals surface area contributed by atoms with Gasteiger partial charge in [0.25, 0.3) is 0 Å². The number of rotatable bonds is 8. The Bertz CT molecular complexity index is 393. The smallest absolute Gasteiger partial charge is 0.317 e. The predicted molar refractivity (Wildman–Crippen MR) is 75.8 cm³/mol. The number of carboxylic acid groups (broad SMARTS) is 1. The fourth-order valence-corrected chi connectivity index (χ4v) is 2.48. The molecule has 1 aliphatic carbocycles. The molecule has 0 aromatic carbocycles. The number of hydrogen-bond acceptors (Lipinski definition) is 4. The van der Waals surface area contributed by atoms with Crippen molar-refractivity contribution in [3.8, 4) is 0 Å². The van der Waals surface area contributed by atoms with Gasteiger partial charge < -0.3 is 20.1 Å². The SMILES string of the molecule is COC(=O)CCCN(C)C(=O)NCC1(CC(=O)O)CCC1. The maximum Gasteiger partial charge on any atom is 0.317 e. The number of carboxylic acids is 1. The average molecular weight is 300 g/mol. The van der Waals surface area contributed by atoms with E-state index < -0.39 is 5.97 Å². The van der Waals surface area contributed by atoms with Crippen LogP contribution in [0.3, 0.4) is 0 Å². The van der Waals surface area contributed by atoms with Gasteiger partial charge in [-0.1, -0.05) is 6.42 Å². The van der Waals surface area contributed by atoms with Crippen LogP contribution in [0.15, 0.2) is 0 Å². The summed E-state index contributed by atoms with van der Waals surface area (Å²) in [6, 6.07) is -0.239. The molecular formula is C14H24N2O5. The molecule has 0 atom stereocenters. The van der Waals surface area contributed by atoms with E-state index in [9.17, 15) is 14.4 Å². The molecule has 0 aromatic rings. The number of nitrogens with zero attached hydrogens (tertiary/aromatic N) is 1. The molecule has 0 aromatic heterocycles. The number of urea groups is 1. The Morgan fingerprint density at radius 1 is 1.33 bits per heavy atom. The van der Waals surface area contributed by atoms with Gasteiger partial charge in [0.05, 0.1) is 13.5 Å². The predicted octanol–water partition coefficient (Wildman–Crippen LogP) is 1.23. The second-order valence-corrected chi connectivity index (χ2v) is 5.68. The van der Waals surface area contributed by atoms with Crippen molar-refractivity contribution in [2.24, 2.45) is 5.41 Å². The molecule has 21 heavy (non-hydrogen) atoms. The number of hydrogen-bond donors (Lipinski definition) is 2. The van der Waals surface area contributed by atoms with Crippen molar-refractivity contribution in [2.45, 2.75) is 38.5 Å². The van der Waals surface area contributed by atoms with Gasteiger partial charge in [0.15, 0.2) is 0 Å². The van der Waals surface area contributed by atoms with Crippen LogP contribution in [0.4, 0.5) is 4.79 Å². The molecule has 0 spiro atoms. The third-order valence-corrected chi connectivity index (χ3v) is 4.00. The summed E-state index contributed by atoms with van der Waals surface area (Å²) in [6.07, 6.45) is 3.60. The van der Waals surface area contributed by atoms with Crippen LogP contribution >= 0.6 is 0 Å². The number of esters is 1. The minimum absolute atomic E-state index is 0.0966. The van der Waals surface area contributed by atoms with Crippen LogP contribution in [-0.2, 0) is 14.3 Å². The summed E-state index contributed by atoms with van der Waals surface area (Å²) in [7, 11) is 2.98. The number of ether oxygens (including phenoxy) is 1. The molecule has 120 valence electrons. The van der Waals surface area contributed by atoms with Crippen molar-refractivity contribution in [1.82, 2.24) is 10.2 Å². The second kappa shape index (κ2) is 7.85. The lowest BCUT2D eigenvalue weighted by atomic mass is 9.66. The van der Waals surface area contributed by atoms with Gasteiger partial charge in [-0.15, -0.1) is 0 Å². The molecule has 1 saturated carbocycles. The zero-order valence-electron chi connectivity index (χ0n) is 12.7. The van der Waals surface area contributed by atoms with Crippen molar-refractivity contribution >= 4 is 18.0 Å². The van der Waals surface area contributed by atoms with Gasteiger partial charge in [0.2, 0.25) is 0 Å². The van der Waals surface area contributed by atoms with Gasteiger partial charge in [-0.05, 0) is 24.7 Å². The minimum Gasteiger partial charge on any atom is -0.481 e. The lowest BCUT2D eigenvalue weighted by Gasteiger charge is -2.41. The summed E-state index contributed by atoms with van der Waals surface area (Å²) in [6.45, 7) is 0.840. The first-order valence-corrected chi connectivity index (χ1v) is 7.16. The number of carbonyl (C=O) groups excluding carboxylic acids is 2. The Balaban J connectivity index is 2.28. The first-order valence-electron chi connectivity index (χ1n) is 7.16. The monoisotopic (exact) mass is 300 g/mol. The molecule has 7 heteroatoms. The molecule has 2 amide bonds. The molecule has 1 fully saturated rings. The van der Waals surface area contributed by atoms with Gasteiger partial charge >= 0.3 is 18.0 Å². The normalized spacial score (nSPS) is 15.7. The number of carbonyl (C=O) groups is 3. The summed E-state index contributed by atoms with van der Waals surface area (Å²) >= 11 is 0. The maximum atomic E-state index is 11.9. The van der Waals surface area contributed by atoms with E-state index >= 15 is 0 Å². The molecule has 0 heterocycles. The summed E-state index contributed by atoms with van der Waals surface area (Å²) in [5.41, 5.74) is -0.283. The highest BCUT2D eigenvalue weighted by Crippen LogP contribution is 2.43. The minimum atomic E-state index is -0.824. The zero-order valence-corrected chi connectivity index (χ0v) is 12.7. The van der Waals surface area contributed by atoms with E-state index in [2.05, 4.69) is 10.1 Å². The largest absolute Gasteiger partial charge is 0.481 e. The van der Waals surface area contributed by atoms with Crippen LogP contribution in [0.25, 0.3) is 0 Å². The van der Waals surface area contributed by atoms with Crippen molar-refractivity contribution < 1.29 is 24.2 Å². The van der Waals surface area contributed by atoms with E-state index in [4.69, 9.17) is 5.11 Å². The molecule has 0 bridgehead atoms. The Morgan fingerprint density at radius 2 is 2.00 bits per heavy atom. The van der Waals surface area contributed by atoms with Crippen molar-refractivity contribution in [2.75, 3.05) is 27.2 Å². The lowest BCUT2D eigenvalue weighted by molar-refractivity contribution is -0.142. The van der Waals surface area contributed by atoms with Crippen LogP contribution < -0.4 is 5.32 Å². The fourth-order valence-electron chi connectivity index (χ4n) is 2.48. The third-order valence-electron chi connectivity index (χ3n) is 4.00. The maximum absolute atomic E-state index is 11.9. The zero-order chi connectivity index (χ0) is 15.9. The Labute approximate surface area is 124 Å². The first kappa shape index (κ1) is 17.3. The summed E-state index contributed by atoms with van der Waals surface area (Å²) in [4.78, 5) is 35.2. The molecule has 0 radical (unpaired) electrons. The van der Waals surface area contributed by atoms with E-state index in [1.807, 2.05) is 0 Å². The molecule has 0 saturated heterocycles. The first-order chi connectivity index (χ1) is 9.88. The van der Waals surface area contributed by atoms with Gasteiger partial charge in [0, 0.05) is 26.6 Å². The third kappa shape index (κ3) is 5.61. The number of methoxy groups -OCH3 is 1. The fraction of sp³-hybridized carbons (Fsp3) is 0.786. The van der Waals surface area contributed by atoms with Crippen LogP contribution in [0.2, 0.25) is 0 Å². The van der Waals surface area contributed by atoms with Crippen LogP contribution in [-0.4, -0.2) is 55.2 Å². The van der Waals surface area contributed by atoms with Crippen molar-refractivity contribution in [3.05, 3.63) is 0 Å². The van der Waals surface area contributed by atoms with E-state index in [-0.39, 0.29) is 30.3 Å². The number of aliphatic carboxylic acids is 1. The summed E-state index contributed by atoms with van der Waals surface area (Å²) in [5.74, 6) is -1.12. The number of nitrogens with one attached hydrogen (secondary N) is 1. The second-order valence-electron chi connectivity index (χ2n) is 5.68. The highest BCUT2D eigenvalue weighted by Gasteiger charge is 2.39. The van der Waals surface area contributed by atoms with Crippen molar-refractivity contribution in [3.63, 3.8) is 0 Å². The molecule has 2 N–H and O–H groups in total. The van der Waals surface area contributed by atoms with Gasteiger partial charge in [-0.2, -0.15) is 0 Å². The average Bonchev–Trinajstić information content (AvgIpc) is 2.40. The standard InChI is InChI=1S/C14H24N2O5/c1-16(8-3-5-12(19)21-2)13(20)15-10-14(6-4-7-14)9-11(17)18/h3-10H2,1-2H3,(H,15,20)(H,17,18). The van der Waals surface area contributed by atoms with Gasteiger partial charge in [0.1, 0.15) is 0 Å². The van der Waals surface area contributed by atoms with Crippen LogP contribution in [0.5, 0.6) is 0 Å². The van der Waals surface area contributed by atoms with E-state index in [0.717, 1.165) is 19.3 Å². The molecule has 7 nitrogen and oxygen atoms in total. The molecule has 0 unspecified atom stereocenters. The highest BCUT2D eigenvalue weighted by atomic mass is 16.5. The Kier molecular flexibility index (Phi) is 6.45. The molecular weight excluding hydrogens is 276 g/mol. The topological polar surface area (TPSA) is 95.9 Å². The van der Waals surface area contributed by atoms with Crippen molar-refractivity contribution in [1.29, 1.82) is 0 Å². The van der Waals surface area contributed by atoms with Gasteiger partial charge in [-0.3, -0.25) is 9.59 Å². The van der Waals surface area contributed by atoms with E-state index in [0.29, 0.717) is 19.5 Å².